The van der Waals surface area contributed by atoms with Crippen LogP contribution in [-0.2, 0) is 0 Å². The van der Waals surface area contributed by atoms with Crippen LogP contribution in [0.2, 0.25) is 0 Å². The number of hydrogen-bond donors (Lipinski definition) is 0. The number of anilines is 12. The highest BCUT2D eigenvalue weighted by molar-refractivity contribution is 8.00. The summed E-state index contributed by atoms with van der Waals surface area (Å²) in [4.78, 5) is 15.1. The maximum Gasteiger partial charge on any atom is 0.249 e. The van der Waals surface area contributed by atoms with Crippen LogP contribution in [0, 0.1) is 0 Å². The summed E-state index contributed by atoms with van der Waals surface area (Å²) in [5, 5.41) is 0. The summed E-state index contributed by atoms with van der Waals surface area (Å²) < 4.78 is 0. The molecule has 0 spiro atoms. The summed E-state index contributed by atoms with van der Waals surface area (Å²) in [6, 6.07) is 144. The van der Waals surface area contributed by atoms with Crippen LogP contribution >= 0.6 is 23.5 Å². The molecule has 0 fully saturated rings. The van der Waals surface area contributed by atoms with Crippen molar-refractivity contribution in [2.45, 2.75) is 19.6 Å². The predicted octanol–water partition coefficient (Wildman–Crippen LogP) is 22.5. The fourth-order valence-corrected chi connectivity index (χ4v) is 18.8. The van der Waals surface area contributed by atoms with E-state index in [1.807, 2.05) is 23.5 Å². The smallest absolute Gasteiger partial charge is 0.249 e. The Kier molecular flexibility index (Phi) is 15.3. The Morgan fingerprint density at radius 3 is 1.14 bits per heavy atom. The van der Waals surface area contributed by atoms with Gasteiger partial charge in [-0.15, -0.1) is 0 Å². The van der Waals surface area contributed by atoms with Gasteiger partial charge in [-0.2, -0.15) is 0 Å². The van der Waals surface area contributed by atoms with E-state index in [9.17, 15) is 0 Å². The van der Waals surface area contributed by atoms with E-state index in [-0.39, 0.29) is 13.4 Å². The van der Waals surface area contributed by atoms with E-state index in [0.29, 0.717) is 0 Å². The maximum absolute atomic E-state index is 2.65. The number of para-hydroxylation sites is 3. The molecule has 4 aliphatic heterocycles. The van der Waals surface area contributed by atoms with E-state index in [2.05, 4.69) is 408 Å². The molecule has 0 aliphatic carbocycles. The molecule has 20 rings (SSSR count). The molecular formula is C96H64B2N4S2. The van der Waals surface area contributed by atoms with Crippen molar-refractivity contribution in [3.63, 3.8) is 0 Å². The normalized spacial score (nSPS) is 12.7. The quantitative estimate of drug-likeness (QED) is 0.106. The van der Waals surface area contributed by atoms with Gasteiger partial charge in [0, 0.05) is 87.7 Å². The maximum atomic E-state index is 2.65. The third-order valence-corrected chi connectivity index (χ3v) is 23.4. The average molecular weight is 1360 g/mol. The Morgan fingerprint density at radius 1 is 0.202 bits per heavy atom. The minimum atomic E-state index is -0.109. The van der Waals surface area contributed by atoms with Crippen molar-refractivity contribution in [3.05, 3.63) is 388 Å². The molecule has 104 heavy (non-hydrogen) atoms. The summed E-state index contributed by atoms with van der Waals surface area (Å²) in [6.45, 7) is -0.213. The van der Waals surface area contributed by atoms with Crippen molar-refractivity contribution < 1.29 is 0 Å². The molecule has 0 saturated heterocycles. The van der Waals surface area contributed by atoms with Gasteiger partial charge in [0.25, 0.3) is 0 Å². The van der Waals surface area contributed by atoms with Crippen LogP contribution in [-0.4, -0.2) is 13.4 Å². The van der Waals surface area contributed by atoms with Crippen molar-refractivity contribution in [2.75, 3.05) is 19.6 Å². The summed E-state index contributed by atoms with van der Waals surface area (Å²) in [6.07, 6.45) is 0. The number of nitrogens with zero attached hydrogens (tertiary/aromatic N) is 4. The highest BCUT2D eigenvalue weighted by atomic mass is 32.2. The van der Waals surface area contributed by atoms with Crippen LogP contribution in [0.25, 0.3) is 55.6 Å². The van der Waals surface area contributed by atoms with E-state index >= 15 is 0 Å². The van der Waals surface area contributed by atoms with Crippen LogP contribution in [0.1, 0.15) is 0 Å². The first-order chi connectivity index (χ1) is 51.6. The Balaban J connectivity index is 0.831. The second kappa shape index (κ2) is 25.9. The van der Waals surface area contributed by atoms with Gasteiger partial charge in [-0.25, -0.2) is 0 Å². The monoisotopic (exact) mass is 1360 g/mol. The summed E-state index contributed by atoms with van der Waals surface area (Å²) in [5.74, 6) is 0. The molecule has 0 atom stereocenters. The molecule has 0 bridgehead atoms. The van der Waals surface area contributed by atoms with E-state index in [1.165, 1.54) is 103 Å². The number of rotatable bonds is 13. The Morgan fingerprint density at radius 2 is 0.606 bits per heavy atom. The molecule has 0 saturated carbocycles. The first-order valence-corrected chi connectivity index (χ1v) is 37.3. The van der Waals surface area contributed by atoms with Crippen molar-refractivity contribution >= 4 is 138 Å². The fraction of sp³-hybridized carbons (Fsp3) is 0. The van der Waals surface area contributed by atoms with E-state index in [0.717, 1.165) is 73.4 Å². The summed E-state index contributed by atoms with van der Waals surface area (Å²) >= 11 is 3.82. The van der Waals surface area contributed by atoms with Gasteiger partial charge in [0.1, 0.15) is 0 Å². The lowest BCUT2D eigenvalue weighted by Gasteiger charge is -2.44. The molecule has 16 aromatic rings. The molecular weight excluding hydrogens is 1290 g/mol. The first-order valence-electron chi connectivity index (χ1n) is 35.7. The van der Waals surface area contributed by atoms with Crippen molar-refractivity contribution in [1.29, 1.82) is 0 Å². The Bertz CT molecular complexity index is 5950. The molecule has 0 unspecified atom stereocenters. The predicted molar refractivity (Wildman–Crippen MR) is 443 cm³/mol. The summed E-state index contributed by atoms with van der Waals surface area (Å²) in [7, 11) is 0. The van der Waals surface area contributed by atoms with Crippen molar-refractivity contribution in [3.8, 4) is 55.6 Å². The number of benzene rings is 16. The van der Waals surface area contributed by atoms with Gasteiger partial charge in [0.2, 0.25) is 13.4 Å². The summed E-state index contributed by atoms with van der Waals surface area (Å²) in [5.41, 5.74) is 32.8. The lowest BCUT2D eigenvalue weighted by atomic mass is 9.31. The average Bonchev–Trinajstić information content (AvgIpc) is 0.690. The van der Waals surface area contributed by atoms with Crippen LogP contribution in [0.4, 0.5) is 68.2 Å². The second-order valence-corrected chi connectivity index (χ2v) is 29.3. The molecule has 0 N–H and O–H groups in total. The van der Waals surface area contributed by atoms with Crippen molar-refractivity contribution in [2.24, 2.45) is 0 Å². The van der Waals surface area contributed by atoms with E-state index in [1.54, 1.807) is 0 Å². The molecule has 0 aromatic heterocycles. The Hall–Kier alpha value is -12.5. The van der Waals surface area contributed by atoms with Crippen molar-refractivity contribution in [1.82, 2.24) is 0 Å². The standard InChI is InChI=1S/C96H64B2N4S2/c1-7-27-65(28-8-1)69-49-53-75(54-50-69)99(77-41-25-37-72(57-77)67-31-11-3-12-32-67)79-59-89-95-94(62-79)104-92-64-88-84(63-85(92)97(95)82-44-20-23-47-87(82)101(89)74-39-17-6-18-40-74)98-83-45-21-24-48-91(83)103-93-61-80(60-90(96(93)98)102(88)86-46-22-19-43-81(86)71-35-15-5-16-36-71)100(76-55-51-70(52-56-76)66-29-9-2-10-30-66)78-42-26-38-73(58-78)68-33-13-4-14-34-68/h1-64H. The molecule has 4 aliphatic rings. The molecule has 0 amide bonds. The highest BCUT2D eigenvalue weighted by Crippen LogP contribution is 2.52. The highest BCUT2D eigenvalue weighted by Gasteiger charge is 2.47. The van der Waals surface area contributed by atoms with Gasteiger partial charge in [0.15, 0.2) is 0 Å². The minimum absolute atomic E-state index is 0.103. The van der Waals surface area contributed by atoms with Gasteiger partial charge in [-0.05, 0) is 181 Å². The zero-order valence-corrected chi connectivity index (χ0v) is 58.3. The molecule has 486 valence electrons. The lowest BCUT2D eigenvalue weighted by Crippen LogP contribution is -2.64. The number of hydrogen-bond acceptors (Lipinski definition) is 6. The topological polar surface area (TPSA) is 13.0 Å². The molecule has 4 heterocycles. The van der Waals surface area contributed by atoms with Crippen LogP contribution < -0.4 is 52.4 Å². The van der Waals surface area contributed by atoms with E-state index in [4.69, 9.17) is 0 Å². The fourth-order valence-electron chi connectivity index (χ4n) is 16.4. The molecule has 4 nitrogen and oxygen atoms in total. The van der Waals surface area contributed by atoms with E-state index < -0.39 is 0 Å². The Labute approximate surface area is 616 Å². The van der Waals surface area contributed by atoms with Gasteiger partial charge in [-0.1, -0.05) is 314 Å². The third-order valence-electron chi connectivity index (χ3n) is 21.1. The van der Waals surface area contributed by atoms with Gasteiger partial charge >= 0.3 is 0 Å². The van der Waals surface area contributed by atoms with Gasteiger partial charge < -0.3 is 19.6 Å². The molecule has 16 aromatic carbocycles. The molecule has 0 radical (unpaired) electrons. The van der Waals surface area contributed by atoms with Crippen LogP contribution in [0.15, 0.2) is 408 Å². The number of fused-ring (bicyclic) bond motifs is 8. The SMILES string of the molecule is c1ccc(-c2ccc(N(c3cccc(-c4ccccc4)c3)c3cc4c5c(c3)N(c3ccccc3)c3ccccc3B5c3cc5c(cc3S4)N(c3ccccc3-c3ccccc3)c3cc(N(c4ccc(-c6ccccc6)cc4)c4cccc(-c6ccccc6)c4)cc4c3B5c3ccccc3S4)cc2)cc1. The third kappa shape index (κ3) is 10.7. The molecule has 8 heteroatoms. The minimum Gasteiger partial charge on any atom is -0.311 e. The lowest BCUT2D eigenvalue weighted by molar-refractivity contribution is 1.22. The first kappa shape index (κ1) is 61.4. The van der Waals surface area contributed by atoms with Gasteiger partial charge in [-0.3, -0.25) is 0 Å². The van der Waals surface area contributed by atoms with Crippen LogP contribution in [0.3, 0.4) is 0 Å². The zero-order valence-electron chi connectivity index (χ0n) is 56.7. The van der Waals surface area contributed by atoms with Crippen LogP contribution in [0.5, 0.6) is 0 Å². The van der Waals surface area contributed by atoms with Gasteiger partial charge in [0.05, 0.1) is 5.69 Å². The zero-order chi connectivity index (χ0) is 68.6. The second-order valence-electron chi connectivity index (χ2n) is 27.1. The largest absolute Gasteiger partial charge is 0.311 e.